The molecule has 0 atom stereocenters. The van der Waals surface area contributed by atoms with Gasteiger partial charge >= 0.3 is 0 Å². The lowest BCUT2D eigenvalue weighted by Crippen LogP contribution is -1.91. The number of hydrogen-bond donors (Lipinski definition) is 1. The lowest BCUT2D eigenvalue weighted by atomic mass is 10.3. The van der Waals surface area contributed by atoms with Crippen molar-refractivity contribution < 1.29 is 0 Å². The van der Waals surface area contributed by atoms with Crippen LogP contribution in [-0.2, 0) is 0 Å². The molecule has 0 aliphatic rings. The molecule has 0 spiro atoms. The van der Waals surface area contributed by atoms with Crippen molar-refractivity contribution in [1.82, 2.24) is 9.97 Å². The standard InChI is InChI=1S/C12H10N4S/c1-9-8-17-12(16-9)10(5-13)6-15-11-3-2-4-14-7-11/h2-4,6-8,15H,1H3/b10-6+. The van der Waals surface area contributed by atoms with Crippen molar-refractivity contribution in [3.05, 3.63) is 46.8 Å². The summed E-state index contributed by atoms with van der Waals surface area (Å²) in [6.07, 6.45) is 5.04. The molecule has 0 aliphatic carbocycles. The average Bonchev–Trinajstić information content (AvgIpc) is 2.78. The van der Waals surface area contributed by atoms with Gasteiger partial charge in [-0.05, 0) is 19.1 Å². The Bertz CT molecular complexity index is 566. The van der Waals surface area contributed by atoms with Gasteiger partial charge < -0.3 is 5.32 Å². The Morgan fingerprint density at radius 2 is 2.47 bits per heavy atom. The lowest BCUT2D eigenvalue weighted by molar-refractivity contribution is 1.24. The maximum Gasteiger partial charge on any atom is 0.135 e. The summed E-state index contributed by atoms with van der Waals surface area (Å²) in [5.41, 5.74) is 2.29. The lowest BCUT2D eigenvalue weighted by Gasteiger charge is -1.99. The molecule has 0 aromatic carbocycles. The zero-order chi connectivity index (χ0) is 12.1. The number of nitrogens with zero attached hydrogens (tertiary/aromatic N) is 3. The summed E-state index contributed by atoms with van der Waals surface area (Å²) < 4.78 is 0. The highest BCUT2D eigenvalue weighted by Gasteiger charge is 2.04. The van der Waals surface area contributed by atoms with Gasteiger partial charge in [0.25, 0.3) is 0 Å². The van der Waals surface area contributed by atoms with E-state index >= 15 is 0 Å². The van der Waals surface area contributed by atoms with E-state index in [1.807, 2.05) is 24.4 Å². The van der Waals surface area contributed by atoms with E-state index < -0.39 is 0 Å². The van der Waals surface area contributed by atoms with Gasteiger partial charge in [0.1, 0.15) is 16.6 Å². The minimum absolute atomic E-state index is 0.520. The van der Waals surface area contributed by atoms with Crippen LogP contribution in [0.4, 0.5) is 5.69 Å². The molecule has 2 aromatic rings. The van der Waals surface area contributed by atoms with E-state index in [0.717, 1.165) is 16.4 Å². The summed E-state index contributed by atoms with van der Waals surface area (Å²) in [4.78, 5) is 8.24. The summed E-state index contributed by atoms with van der Waals surface area (Å²) in [6, 6.07) is 5.84. The molecule has 0 aliphatic heterocycles. The van der Waals surface area contributed by atoms with Crippen molar-refractivity contribution in [2.75, 3.05) is 5.32 Å². The molecule has 0 unspecified atom stereocenters. The fourth-order valence-corrected chi connectivity index (χ4v) is 1.99. The van der Waals surface area contributed by atoms with Crippen molar-refractivity contribution >= 4 is 22.6 Å². The maximum atomic E-state index is 9.06. The first-order chi connectivity index (χ1) is 8.29. The molecule has 2 aromatic heterocycles. The second-order valence-corrected chi connectivity index (χ2v) is 4.21. The highest BCUT2D eigenvalue weighted by atomic mass is 32.1. The predicted molar refractivity (Wildman–Crippen MR) is 68.3 cm³/mol. The van der Waals surface area contributed by atoms with Crippen LogP contribution in [-0.4, -0.2) is 9.97 Å². The molecule has 0 fully saturated rings. The van der Waals surface area contributed by atoms with E-state index in [1.54, 1.807) is 18.6 Å². The third kappa shape index (κ3) is 2.89. The first-order valence-electron chi connectivity index (χ1n) is 4.99. The van der Waals surface area contributed by atoms with Gasteiger partial charge in [0, 0.05) is 23.5 Å². The second-order valence-electron chi connectivity index (χ2n) is 3.35. The highest BCUT2D eigenvalue weighted by molar-refractivity contribution is 7.10. The first kappa shape index (κ1) is 11.3. The summed E-state index contributed by atoms with van der Waals surface area (Å²) in [7, 11) is 0. The Labute approximate surface area is 103 Å². The van der Waals surface area contributed by atoms with Crippen LogP contribution in [0.25, 0.3) is 5.57 Å². The molecule has 2 heterocycles. The number of rotatable bonds is 3. The van der Waals surface area contributed by atoms with Gasteiger partial charge in [0.2, 0.25) is 0 Å². The molecule has 0 bridgehead atoms. The summed E-state index contributed by atoms with van der Waals surface area (Å²) >= 11 is 1.46. The first-order valence-corrected chi connectivity index (χ1v) is 5.87. The van der Waals surface area contributed by atoms with Crippen LogP contribution in [0, 0.1) is 18.3 Å². The minimum atomic E-state index is 0.520. The third-order valence-corrected chi connectivity index (χ3v) is 3.01. The van der Waals surface area contributed by atoms with Crippen LogP contribution < -0.4 is 5.32 Å². The fourth-order valence-electron chi connectivity index (χ4n) is 1.22. The Balaban J connectivity index is 2.17. The van der Waals surface area contributed by atoms with Gasteiger partial charge in [-0.25, -0.2) is 4.98 Å². The normalized spacial score (nSPS) is 10.9. The Morgan fingerprint density at radius 3 is 3.06 bits per heavy atom. The minimum Gasteiger partial charge on any atom is -0.359 e. The van der Waals surface area contributed by atoms with E-state index in [9.17, 15) is 0 Å². The number of pyridine rings is 1. The van der Waals surface area contributed by atoms with E-state index in [-0.39, 0.29) is 0 Å². The molecule has 0 saturated carbocycles. The van der Waals surface area contributed by atoms with Crippen LogP contribution >= 0.6 is 11.3 Å². The number of hydrogen-bond acceptors (Lipinski definition) is 5. The summed E-state index contributed by atoms with van der Waals surface area (Å²) in [6.45, 7) is 1.91. The van der Waals surface area contributed by atoms with Gasteiger partial charge in [-0.1, -0.05) is 0 Å². The number of aromatic nitrogens is 2. The zero-order valence-corrected chi connectivity index (χ0v) is 10.0. The van der Waals surface area contributed by atoms with Gasteiger partial charge in [-0.15, -0.1) is 11.3 Å². The third-order valence-electron chi connectivity index (χ3n) is 2.01. The summed E-state index contributed by atoms with van der Waals surface area (Å²) in [5.74, 6) is 0. The molecular weight excluding hydrogens is 232 g/mol. The van der Waals surface area contributed by atoms with Gasteiger partial charge in [0.05, 0.1) is 11.9 Å². The van der Waals surface area contributed by atoms with Gasteiger partial charge in [-0.3, -0.25) is 4.98 Å². The molecule has 1 N–H and O–H groups in total. The SMILES string of the molecule is Cc1csc(/C(C#N)=C/Nc2cccnc2)n1. The van der Waals surface area contributed by atoms with Crippen LogP contribution in [0.2, 0.25) is 0 Å². The van der Waals surface area contributed by atoms with Gasteiger partial charge in [-0.2, -0.15) is 5.26 Å². The number of nitrogens with one attached hydrogen (secondary N) is 1. The van der Waals surface area contributed by atoms with Crippen LogP contribution in [0.1, 0.15) is 10.7 Å². The molecular formula is C12H10N4S. The largest absolute Gasteiger partial charge is 0.359 e. The highest BCUT2D eigenvalue weighted by Crippen LogP contribution is 2.18. The van der Waals surface area contributed by atoms with Crippen molar-refractivity contribution in [2.24, 2.45) is 0 Å². The molecule has 4 nitrogen and oxygen atoms in total. The van der Waals surface area contributed by atoms with Crippen LogP contribution in [0.3, 0.4) is 0 Å². The Hall–Kier alpha value is -2.19. The molecule has 0 amide bonds. The number of aryl methyl sites for hydroxylation is 1. The van der Waals surface area contributed by atoms with E-state index in [4.69, 9.17) is 5.26 Å². The quantitative estimate of drug-likeness (QED) is 0.841. The summed E-state index contributed by atoms with van der Waals surface area (Å²) in [5, 5.41) is 14.7. The predicted octanol–water partition coefficient (Wildman–Crippen LogP) is 2.82. The molecule has 17 heavy (non-hydrogen) atoms. The van der Waals surface area contributed by atoms with Crippen molar-refractivity contribution in [1.29, 1.82) is 5.26 Å². The Kier molecular flexibility index (Phi) is 3.48. The second kappa shape index (κ2) is 5.23. The van der Waals surface area contributed by atoms with Crippen LogP contribution in [0.5, 0.6) is 0 Å². The van der Waals surface area contributed by atoms with E-state index in [2.05, 4.69) is 21.4 Å². The van der Waals surface area contributed by atoms with Crippen molar-refractivity contribution in [3.63, 3.8) is 0 Å². The maximum absolute atomic E-state index is 9.06. The molecule has 0 radical (unpaired) electrons. The fraction of sp³-hybridized carbons (Fsp3) is 0.0833. The number of thiazole rings is 1. The number of allylic oxidation sites excluding steroid dienone is 1. The number of anilines is 1. The smallest absolute Gasteiger partial charge is 0.135 e. The molecule has 5 heteroatoms. The molecule has 84 valence electrons. The Morgan fingerprint density at radius 1 is 1.59 bits per heavy atom. The topological polar surface area (TPSA) is 61.6 Å². The van der Waals surface area contributed by atoms with Crippen LogP contribution in [0.15, 0.2) is 36.1 Å². The van der Waals surface area contributed by atoms with E-state index in [1.165, 1.54) is 11.3 Å². The van der Waals surface area contributed by atoms with Gasteiger partial charge in [0.15, 0.2) is 0 Å². The van der Waals surface area contributed by atoms with Crippen molar-refractivity contribution in [3.8, 4) is 6.07 Å². The average molecular weight is 242 g/mol. The number of nitriles is 1. The monoisotopic (exact) mass is 242 g/mol. The molecule has 0 saturated heterocycles. The van der Waals surface area contributed by atoms with Crippen molar-refractivity contribution in [2.45, 2.75) is 6.92 Å². The van der Waals surface area contributed by atoms with E-state index in [0.29, 0.717) is 5.57 Å². The molecule has 2 rings (SSSR count). The zero-order valence-electron chi connectivity index (χ0n) is 9.21.